The second-order valence-electron chi connectivity index (χ2n) is 5.14. The van der Waals surface area contributed by atoms with Crippen molar-refractivity contribution in [1.82, 2.24) is 4.90 Å². The van der Waals surface area contributed by atoms with E-state index < -0.39 is 11.8 Å². The normalized spacial score (nSPS) is 17.5. The minimum absolute atomic E-state index is 0.0595. The maximum atomic E-state index is 13.1. The Bertz CT molecular complexity index is 436. The van der Waals surface area contributed by atoms with Gasteiger partial charge in [0.05, 0.1) is 0 Å². The Kier molecular flexibility index (Phi) is 4.37. The van der Waals surface area contributed by atoms with Crippen molar-refractivity contribution in [2.24, 2.45) is 5.92 Å². The van der Waals surface area contributed by atoms with Gasteiger partial charge in [-0.1, -0.05) is 0 Å². The Balaban J connectivity index is 1.86. The van der Waals surface area contributed by atoms with Crippen molar-refractivity contribution in [3.05, 3.63) is 29.6 Å². The van der Waals surface area contributed by atoms with Gasteiger partial charge in [0.1, 0.15) is 11.6 Å². The zero-order valence-corrected chi connectivity index (χ0v) is 10.7. The van der Waals surface area contributed by atoms with Crippen molar-refractivity contribution in [3.63, 3.8) is 0 Å². The fraction of sp³-hybridized carbons (Fsp3) is 0.500. The van der Waals surface area contributed by atoms with Gasteiger partial charge in [0.2, 0.25) is 0 Å². The van der Waals surface area contributed by atoms with Gasteiger partial charge in [-0.05, 0) is 49.5 Å². The number of phenols is 1. The lowest BCUT2D eigenvalue weighted by atomic mass is 9.93. The third kappa shape index (κ3) is 4.21. The average molecular weight is 267 g/mol. The van der Waals surface area contributed by atoms with E-state index in [2.05, 4.69) is 4.90 Å². The number of aliphatic carboxylic acids is 1. The standard InChI is InChI=1S/C14H18FNO3/c15-12-5-11(6-13(17)8-12)9-16-3-1-10(2-4-16)7-14(18)19/h5-6,8,10,17H,1-4,7,9H2,(H,18,19). The van der Waals surface area contributed by atoms with Crippen LogP contribution in [-0.4, -0.2) is 34.2 Å². The molecule has 4 nitrogen and oxygen atoms in total. The van der Waals surface area contributed by atoms with E-state index in [-0.39, 0.29) is 18.1 Å². The molecule has 19 heavy (non-hydrogen) atoms. The molecule has 1 heterocycles. The first kappa shape index (κ1) is 13.8. The lowest BCUT2D eigenvalue weighted by Crippen LogP contribution is -2.33. The number of hydrogen-bond donors (Lipinski definition) is 2. The van der Waals surface area contributed by atoms with Gasteiger partial charge in [-0.15, -0.1) is 0 Å². The monoisotopic (exact) mass is 267 g/mol. The first-order chi connectivity index (χ1) is 9.02. The second-order valence-corrected chi connectivity index (χ2v) is 5.14. The Morgan fingerprint density at radius 2 is 2.00 bits per heavy atom. The Morgan fingerprint density at radius 3 is 2.58 bits per heavy atom. The third-order valence-electron chi connectivity index (χ3n) is 3.52. The van der Waals surface area contributed by atoms with Crippen molar-refractivity contribution in [1.29, 1.82) is 0 Å². The van der Waals surface area contributed by atoms with E-state index in [9.17, 15) is 14.3 Å². The molecule has 0 spiro atoms. The van der Waals surface area contributed by atoms with E-state index in [4.69, 9.17) is 5.11 Å². The van der Waals surface area contributed by atoms with Crippen molar-refractivity contribution < 1.29 is 19.4 Å². The zero-order valence-electron chi connectivity index (χ0n) is 10.7. The molecular formula is C14H18FNO3. The second kappa shape index (κ2) is 6.02. The SMILES string of the molecule is O=C(O)CC1CCN(Cc2cc(O)cc(F)c2)CC1. The van der Waals surface area contributed by atoms with Crippen LogP contribution in [0.25, 0.3) is 0 Å². The summed E-state index contributed by atoms with van der Waals surface area (Å²) >= 11 is 0. The summed E-state index contributed by atoms with van der Waals surface area (Å²) in [7, 11) is 0. The molecular weight excluding hydrogens is 249 g/mol. The Morgan fingerprint density at radius 1 is 1.32 bits per heavy atom. The number of piperidine rings is 1. The summed E-state index contributed by atoms with van der Waals surface area (Å²) in [5.41, 5.74) is 0.745. The molecule has 0 aliphatic carbocycles. The molecule has 0 atom stereocenters. The highest BCUT2D eigenvalue weighted by molar-refractivity contribution is 5.67. The Hall–Kier alpha value is -1.62. The predicted molar refractivity (Wildman–Crippen MR) is 68.3 cm³/mol. The van der Waals surface area contributed by atoms with E-state index in [0.29, 0.717) is 6.54 Å². The molecule has 1 aromatic rings. The predicted octanol–water partition coefficient (Wildman–Crippen LogP) is 2.22. The first-order valence-corrected chi connectivity index (χ1v) is 6.45. The summed E-state index contributed by atoms with van der Waals surface area (Å²) in [6.07, 6.45) is 1.94. The molecule has 2 rings (SSSR count). The highest BCUT2D eigenvalue weighted by Crippen LogP contribution is 2.23. The first-order valence-electron chi connectivity index (χ1n) is 6.45. The molecule has 0 bridgehead atoms. The molecule has 1 fully saturated rings. The maximum Gasteiger partial charge on any atom is 0.303 e. The summed E-state index contributed by atoms with van der Waals surface area (Å²) in [6.45, 7) is 2.22. The largest absolute Gasteiger partial charge is 0.508 e. The quantitative estimate of drug-likeness (QED) is 0.878. The van der Waals surface area contributed by atoms with Crippen LogP contribution in [0, 0.1) is 11.7 Å². The maximum absolute atomic E-state index is 13.1. The fourth-order valence-electron chi connectivity index (χ4n) is 2.58. The lowest BCUT2D eigenvalue weighted by molar-refractivity contribution is -0.138. The van der Waals surface area contributed by atoms with Gasteiger partial charge in [0.25, 0.3) is 0 Å². The molecule has 0 saturated carbocycles. The number of aromatic hydroxyl groups is 1. The minimum Gasteiger partial charge on any atom is -0.508 e. The van der Waals surface area contributed by atoms with Gasteiger partial charge >= 0.3 is 5.97 Å². The number of halogens is 1. The summed E-state index contributed by atoms with van der Waals surface area (Å²) in [4.78, 5) is 12.8. The van der Waals surface area contributed by atoms with Gasteiger partial charge < -0.3 is 10.2 Å². The van der Waals surface area contributed by atoms with Crippen LogP contribution in [0.5, 0.6) is 5.75 Å². The van der Waals surface area contributed by atoms with Crippen molar-refractivity contribution in [3.8, 4) is 5.75 Å². The van der Waals surface area contributed by atoms with Crippen molar-refractivity contribution >= 4 is 5.97 Å². The number of carbonyl (C=O) groups is 1. The van der Waals surface area contributed by atoms with Gasteiger partial charge in [0.15, 0.2) is 0 Å². The van der Waals surface area contributed by atoms with E-state index in [1.54, 1.807) is 6.07 Å². The number of hydrogen-bond acceptors (Lipinski definition) is 3. The Labute approximate surface area is 111 Å². The lowest BCUT2D eigenvalue weighted by Gasteiger charge is -2.31. The summed E-state index contributed by atoms with van der Waals surface area (Å²) in [5, 5.41) is 18.1. The molecule has 0 unspecified atom stereocenters. The molecule has 1 aliphatic heterocycles. The van der Waals surface area contributed by atoms with Crippen LogP contribution in [0.2, 0.25) is 0 Å². The van der Waals surface area contributed by atoms with Crippen LogP contribution in [0.15, 0.2) is 18.2 Å². The molecule has 2 N–H and O–H groups in total. The van der Waals surface area contributed by atoms with Gasteiger partial charge in [-0.2, -0.15) is 0 Å². The minimum atomic E-state index is -0.742. The molecule has 0 amide bonds. The summed E-state index contributed by atoms with van der Waals surface area (Å²) in [6, 6.07) is 4.07. The van der Waals surface area contributed by atoms with E-state index in [1.807, 2.05) is 0 Å². The van der Waals surface area contributed by atoms with Crippen molar-refractivity contribution in [2.45, 2.75) is 25.8 Å². The molecule has 104 valence electrons. The molecule has 0 radical (unpaired) electrons. The highest BCUT2D eigenvalue weighted by atomic mass is 19.1. The summed E-state index contributed by atoms with van der Waals surface area (Å²) in [5.74, 6) is -0.991. The summed E-state index contributed by atoms with van der Waals surface area (Å²) < 4.78 is 13.1. The number of rotatable bonds is 4. The van der Waals surface area contributed by atoms with Crippen LogP contribution < -0.4 is 0 Å². The number of carboxylic acid groups (broad SMARTS) is 1. The van der Waals surface area contributed by atoms with E-state index in [1.165, 1.54) is 6.07 Å². The van der Waals surface area contributed by atoms with Crippen LogP contribution in [0.4, 0.5) is 4.39 Å². The van der Waals surface area contributed by atoms with Crippen LogP contribution in [0.3, 0.4) is 0 Å². The average Bonchev–Trinajstić information content (AvgIpc) is 2.29. The van der Waals surface area contributed by atoms with Crippen LogP contribution >= 0.6 is 0 Å². The van der Waals surface area contributed by atoms with Gasteiger partial charge in [0, 0.05) is 19.0 Å². The third-order valence-corrected chi connectivity index (χ3v) is 3.52. The van der Waals surface area contributed by atoms with Crippen molar-refractivity contribution in [2.75, 3.05) is 13.1 Å². The van der Waals surface area contributed by atoms with Crippen LogP contribution in [-0.2, 0) is 11.3 Å². The molecule has 1 aromatic carbocycles. The zero-order chi connectivity index (χ0) is 13.8. The number of nitrogens with zero attached hydrogens (tertiary/aromatic N) is 1. The van der Waals surface area contributed by atoms with Crippen LogP contribution in [0.1, 0.15) is 24.8 Å². The highest BCUT2D eigenvalue weighted by Gasteiger charge is 2.21. The fourth-order valence-corrected chi connectivity index (χ4v) is 2.58. The molecule has 5 heteroatoms. The number of carboxylic acids is 1. The van der Waals surface area contributed by atoms with Gasteiger partial charge in [-0.3, -0.25) is 9.69 Å². The molecule has 1 aliphatic rings. The molecule has 0 aromatic heterocycles. The topological polar surface area (TPSA) is 60.8 Å². The molecule has 1 saturated heterocycles. The van der Waals surface area contributed by atoms with E-state index >= 15 is 0 Å². The number of benzene rings is 1. The smallest absolute Gasteiger partial charge is 0.303 e. The van der Waals surface area contributed by atoms with E-state index in [0.717, 1.165) is 37.6 Å². The van der Waals surface area contributed by atoms with Gasteiger partial charge in [-0.25, -0.2) is 4.39 Å². The number of phenolic OH excluding ortho intramolecular Hbond substituents is 1. The number of likely N-dealkylation sites (tertiary alicyclic amines) is 1.